The van der Waals surface area contributed by atoms with E-state index < -0.39 is 23.8 Å². The fourth-order valence-corrected chi connectivity index (χ4v) is 1.64. The van der Waals surface area contributed by atoms with Crippen LogP contribution in [0.2, 0.25) is 0 Å². The Morgan fingerprint density at radius 1 is 1.00 bits per heavy atom. The van der Waals surface area contributed by atoms with E-state index in [4.69, 9.17) is 24.1 Å². The summed E-state index contributed by atoms with van der Waals surface area (Å²) in [6, 6.07) is 0. The fourth-order valence-electron chi connectivity index (χ4n) is 1.64. The van der Waals surface area contributed by atoms with Gasteiger partial charge in [0.05, 0.1) is 32.5 Å². The van der Waals surface area contributed by atoms with E-state index >= 15 is 0 Å². The number of carbonyl (C=O) groups excluding carboxylic acids is 1. The van der Waals surface area contributed by atoms with E-state index in [1.54, 1.807) is 20.8 Å². The average molecular weight is 365 g/mol. The number of rotatable bonds is 14. The molecule has 0 fully saturated rings. The predicted octanol–water partition coefficient (Wildman–Crippen LogP) is 0.787. The minimum atomic E-state index is -1.01. The molecule has 0 aromatic carbocycles. The molecule has 0 aliphatic rings. The molecule has 0 aromatic heterocycles. The van der Waals surface area contributed by atoms with Crippen molar-refractivity contribution < 1.29 is 38.7 Å². The smallest absolute Gasteiger partial charge is 0.407 e. The molecule has 0 bridgehead atoms. The number of alkyl carbamates (subject to hydrolysis) is 1. The third-order valence-corrected chi connectivity index (χ3v) is 2.68. The highest BCUT2D eigenvalue weighted by Crippen LogP contribution is 2.06. The number of hydrogen-bond acceptors (Lipinski definition) is 7. The highest BCUT2D eigenvalue weighted by atomic mass is 16.6. The Kier molecular flexibility index (Phi) is 13.0. The Morgan fingerprint density at radius 3 is 2.12 bits per heavy atom. The monoisotopic (exact) mass is 365 g/mol. The molecule has 1 atom stereocenters. The Hall–Kier alpha value is -1.42. The largest absolute Gasteiger partial charge is 0.480 e. The van der Waals surface area contributed by atoms with Crippen LogP contribution in [0.1, 0.15) is 33.6 Å². The summed E-state index contributed by atoms with van der Waals surface area (Å²) in [5, 5.41) is 20.6. The van der Waals surface area contributed by atoms with Crippen molar-refractivity contribution in [3.8, 4) is 0 Å². The van der Waals surface area contributed by atoms with Crippen LogP contribution in [0.25, 0.3) is 0 Å². The van der Waals surface area contributed by atoms with Crippen LogP contribution in [0.3, 0.4) is 0 Å². The van der Waals surface area contributed by atoms with E-state index in [2.05, 4.69) is 5.32 Å². The number of carboxylic acid groups (broad SMARTS) is 1. The van der Waals surface area contributed by atoms with E-state index in [0.29, 0.717) is 39.3 Å². The van der Waals surface area contributed by atoms with Crippen LogP contribution in [0.5, 0.6) is 0 Å². The van der Waals surface area contributed by atoms with Crippen LogP contribution in [-0.4, -0.2) is 80.2 Å². The van der Waals surface area contributed by atoms with Gasteiger partial charge < -0.3 is 34.5 Å². The normalized spacial score (nSPS) is 12.6. The average Bonchev–Trinajstić information content (AvgIpc) is 2.48. The number of aliphatic hydroxyl groups excluding tert-OH is 1. The lowest BCUT2D eigenvalue weighted by Gasteiger charge is -2.20. The number of amides is 1. The molecule has 0 aliphatic heterocycles. The van der Waals surface area contributed by atoms with Gasteiger partial charge in [0.1, 0.15) is 12.2 Å². The summed E-state index contributed by atoms with van der Waals surface area (Å²) >= 11 is 0. The van der Waals surface area contributed by atoms with Crippen molar-refractivity contribution in [2.75, 3.05) is 46.2 Å². The summed E-state index contributed by atoms with van der Waals surface area (Å²) in [5.74, 6) is -1.01. The third-order valence-electron chi connectivity index (χ3n) is 2.68. The molecule has 0 saturated heterocycles. The number of hydrogen-bond donors (Lipinski definition) is 3. The lowest BCUT2D eigenvalue weighted by atomic mass is 10.2. The Balaban J connectivity index is 3.36. The SMILES string of the molecule is CC(C)(C)OC(=O)NCC(O)CCCOCCOCCOCC(=O)O. The molecule has 0 saturated carbocycles. The van der Waals surface area contributed by atoms with Crippen LogP contribution < -0.4 is 5.32 Å². The maximum Gasteiger partial charge on any atom is 0.407 e. The number of nitrogens with one attached hydrogen (secondary N) is 1. The first-order valence-corrected chi connectivity index (χ1v) is 8.30. The van der Waals surface area contributed by atoms with Gasteiger partial charge in [-0.1, -0.05) is 0 Å². The number of aliphatic carboxylic acids is 1. The first-order valence-electron chi connectivity index (χ1n) is 8.30. The number of carbonyl (C=O) groups is 2. The van der Waals surface area contributed by atoms with Crippen molar-refractivity contribution in [1.82, 2.24) is 5.32 Å². The number of aliphatic hydroxyl groups is 1. The van der Waals surface area contributed by atoms with Crippen LogP contribution in [0.4, 0.5) is 4.79 Å². The Bertz CT molecular complexity index is 370. The molecular weight excluding hydrogens is 334 g/mol. The van der Waals surface area contributed by atoms with Crippen molar-refractivity contribution in [1.29, 1.82) is 0 Å². The summed E-state index contributed by atoms with van der Waals surface area (Å²) in [6.45, 7) is 6.92. The van der Waals surface area contributed by atoms with Crippen molar-refractivity contribution in [2.24, 2.45) is 0 Å². The van der Waals surface area contributed by atoms with Crippen LogP contribution in [-0.2, 0) is 23.7 Å². The highest BCUT2D eigenvalue weighted by Gasteiger charge is 2.16. The van der Waals surface area contributed by atoms with Gasteiger partial charge in [-0.3, -0.25) is 0 Å². The number of carboxylic acids is 1. The summed E-state index contributed by atoms with van der Waals surface area (Å²) in [4.78, 5) is 21.6. The predicted molar refractivity (Wildman–Crippen MR) is 89.6 cm³/mol. The van der Waals surface area contributed by atoms with Gasteiger partial charge in [0, 0.05) is 13.2 Å². The minimum absolute atomic E-state index is 0.133. The molecule has 3 N–H and O–H groups in total. The summed E-state index contributed by atoms with van der Waals surface area (Å²) in [6.07, 6.45) is -0.0514. The zero-order valence-corrected chi connectivity index (χ0v) is 15.3. The standard InChI is InChI=1S/C16H31NO8/c1-16(2,3)25-15(21)17-11-13(18)5-4-6-22-7-8-23-9-10-24-12-14(19)20/h13,18H,4-12H2,1-3H3,(H,17,21)(H,19,20). The molecule has 0 radical (unpaired) electrons. The van der Waals surface area contributed by atoms with Crippen LogP contribution in [0, 0.1) is 0 Å². The molecular formula is C16H31NO8. The molecule has 9 heteroatoms. The van der Waals surface area contributed by atoms with Gasteiger partial charge in [-0.15, -0.1) is 0 Å². The second-order valence-electron chi connectivity index (χ2n) is 6.35. The summed E-state index contributed by atoms with van der Waals surface area (Å²) in [7, 11) is 0. The Labute approximate surface area is 148 Å². The van der Waals surface area contributed by atoms with E-state index in [-0.39, 0.29) is 19.8 Å². The molecule has 25 heavy (non-hydrogen) atoms. The molecule has 0 spiro atoms. The molecule has 0 aliphatic carbocycles. The maximum atomic E-state index is 11.4. The van der Waals surface area contributed by atoms with Crippen LogP contribution in [0.15, 0.2) is 0 Å². The first kappa shape index (κ1) is 23.6. The lowest BCUT2D eigenvalue weighted by Crippen LogP contribution is -2.36. The fraction of sp³-hybridized carbons (Fsp3) is 0.875. The van der Waals surface area contributed by atoms with Gasteiger partial charge >= 0.3 is 12.1 Å². The second-order valence-corrected chi connectivity index (χ2v) is 6.35. The van der Waals surface area contributed by atoms with Gasteiger partial charge in [0.25, 0.3) is 0 Å². The van der Waals surface area contributed by atoms with Crippen molar-refractivity contribution in [3.63, 3.8) is 0 Å². The van der Waals surface area contributed by atoms with Gasteiger partial charge in [-0.25, -0.2) is 9.59 Å². The van der Waals surface area contributed by atoms with Crippen molar-refractivity contribution >= 4 is 12.1 Å². The zero-order chi connectivity index (χ0) is 19.1. The molecule has 0 aromatic rings. The molecule has 1 unspecified atom stereocenters. The van der Waals surface area contributed by atoms with Crippen molar-refractivity contribution in [3.05, 3.63) is 0 Å². The molecule has 9 nitrogen and oxygen atoms in total. The van der Waals surface area contributed by atoms with Gasteiger partial charge in [0.2, 0.25) is 0 Å². The summed E-state index contributed by atoms with van der Waals surface area (Å²) < 4.78 is 20.4. The first-order chi connectivity index (χ1) is 11.7. The zero-order valence-electron chi connectivity index (χ0n) is 15.3. The van der Waals surface area contributed by atoms with Crippen molar-refractivity contribution in [2.45, 2.75) is 45.3 Å². The minimum Gasteiger partial charge on any atom is -0.480 e. The van der Waals surface area contributed by atoms with Gasteiger partial charge in [-0.2, -0.15) is 0 Å². The van der Waals surface area contributed by atoms with E-state index in [9.17, 15) is 14.7 Å². The molecule has 148 valence electrons. The van der Waals surface area contributed by atoms with Gasteiger partial charge in [-0.05, 0) is 33.6 Å². The van der Waals surface area contributed by atoms with E-state index in [1.165, 1.54) is 0 Å². The highest BCUT2D eigenvalue weighted by molar-refractivity contribution is 5.68. The lowest BCUT2D eigenvalue weighted by molar-refractivity contribution is -0.142. The van der Waals surface area contributed by atoms with E-state index in [1.807, 2.05) is 0 Å². The third kappa shape index (κ3) is 18.8. The molecule has 1 amide bonds. The molecule has 0 rings (SSSR count). The molecule has 0 heterocycles. The van der Waals surface area contributed by atoms with Gasteiger partial charge in [0.15, 0.2) is 0 Å². The topological polar surface area (TPSA) is 124 Å². The quantitative estimate of drug-likeness (QED) is 0.386. The number of ether oxygens (including phenoxy) is 4. The summed E-state index contributed by atoms with van der Waals surface area (Å²) in [5.41, 5.74) is -0.562. The second kappa shape index (κ2) is 13.8. The maximum absolute atomic E-state index is 11.4. The van der Waals surface area contributed by atoms with Crippen LogP contribution >= 0.6 is 0 Å². The van der Waals surface area contributed by atoms with E-state index in [0.717, 1.165) is 0 Å². The Morgan fingerprint density at radius 2 is 1.56 bits per heavy atom.